The van der Waals surface area contributed by atoms with Gasteiger partial charge in [-0.05, 0) is 47.4 Å². The van der Waals surface area contributed by atoms with E-state index in [2.05, 4.69) is 5.10 Å². The van der Waals surface area contributed by atoms with Crippen LogP contribution in [0.3, 0.4) is 0 Å². The van der Waals surface area contributed by atoms with Crippen molar-refractivity contribution in [3.8, 4) is 0 Å². The molecule has 3 aromatic carbocycles. The molecule has 0 spiro atoms. The van der Waals surface area contributed by atoms with E-state index in [1.165, 1.54) is 11.1 Å². The predicted octanol–water partition coefficient (Wildman–Crippen LogP) is 3.12. The number of benzene rings is 3. The molecule has 0 aromatic heterocycles. The molecular weight excluding hydrogens is 482 g/mol. The summed E-state index contributed by atoms with van der Waals surface area (Å²) in [5.74, 6) is 3.67. The molecule has 1 aliphatic heterocycles. The first kappa shape index (κ1) is 26.4. The van der Waals surface area contributed by atoms with Gasteiger partial charge in [0.25, 0.3) is 5.91 Å². The molecule has 1 aliphatic rings. The number of carboxylic acid groups (broad SMARTS) is 1. The van der Waals surface area contributed by atoms with Crippen LogP contribution in [0.1, 0.15) is 33.5 Å². The average Bonchev–Trinajstić information content (AvgIpc) is 3.02. The van der Waals surface area contributed by atoms with E-state index in [9.17, 15) is 19.5 Å². The number of likely N-dealkylation sites (N-methyl/N-ethyl adjacent to an activating group) is 1. The maximum Gasteiger partial charge on any atom is 0.305 e. The minimum Gasteiger partial charge on any atom is -0.481 e. The lowest BCUT2D eigenvalue weighted by Gasteiger charge is -2.29. The van der Waals surface area contributed by atoms with Crippen LogP contribution < -0.4 is 15.6 Å². The van der Waals surface area contributed by atoms with Crippen molar-refractivity contribution >= 4 is 35.4 Å². The van der Waals surface area contributed by atoms with E-state index in [4.69, 9.17) is 5.84 Å². The van der Waals surface area contributed by atoms with Gasteiger partial charge in [-0.2, -0.15) is 5.10 Å². The Morgan fingerprint density at radius 1 is 1.11 bits per heavy atom. The summed E-state index contributed by atoms with van der Waals surface area (Å²) in [7, 11) is 3.40. The smallest absolute Gasteiger partial charge is 0.305 e. The Morgan fingerprint density at radius 2 is 1.82 bits per heavy atom. The molecule has 0 bridgehead atoms. The number of fused-ring (bicyclic) bond motifs is 1. The topological polar surface area (TPSA) is 120 Å². The standard InChI is InChI=1S/C29H31N5O4/c1-32(24-12-8-21(9-13-24)18-31-30)28(37)22-10-11-23-19-34(15-14-20-6-4-3-5-7-20)29(38)26(17-27(35)36)33(2)25(23)16-22/h3-13,16,18,26H,14-15,17,19,30H2,1-2H3,(H,35,36). The number of amides is 2. The Bertz CT molecular complexity index is 1340. The van der Waals surface area contributed by atoms with Crippen LogP contribution in [0.2, 0.25) is 0 Å². The summed E-state index contributed by atoms with van der Waals surface area (Å²) < 4.78 is 0. The van der Waals surface area contributed by atoms with Crippen LogP contribution in [0.4, 0.5) is 11.4 Å². The normalized spacial score (nSPS) is 15.3. The van der Waals surface area contributed by atoms with Gasteiger partial charge < -0.3 is 25.6 Å². The lowest BCUT2D eigenvalue weighted by atomic mass is 10.1. The van der Waals surface area contributed by atoms with Gasteiger partial charge in [0.15, 0.2) is 0 Å². The lowest BCUT2D eigenvalue weighted by molar-refractivity contribution is -0.142. The highest BCUT2D eigenvalue weighted by molar-refractivity contribution is 6.06. The highest BCUT2D eigenvalue weighted by atomic mass is 16.4. The number of nitrogens with zero attached hydrogens (tertiary/aromatic N) is 4. The third-order valence-electron chi connectivity index (χ3n) is 6.83. The van der Waals surface area contributed by atoms with Gasteiger partial charge in [-0.15, -0.1) is 0 Å². The number of anilines is 2. The van der Waals surface area contributed by atoms with Gasteiger partial charge in [0.2, 0.25) is 5.91 Å². The Balaban J connectivity index is 1.62. The highest BCUT2D eigenvalue weighted by Gasteiger charge is 2.35. The van der Waals surface area contributed by atoms with Gasteiger partial charge in [-0.1, -0.05) is 48.5 Å². The summed E-state index contributed by atoms with van der Waals surface area (Å²) in [6, 6.07) is 21.5. The van der Waals surface area contributed by atoms with Gasteiger partial charge >= 0.3 is 5.97 Å². The zero-order valence-corrected chi connectivity index (χ0v) is 21.4. The van der Waals surface area contributed by atoms with Gasteiger partial charge in [0, 0.05) is 44.1 Å². The fourth-order valence-electron chi connectivity index (χ4n) is 4.66. The fraction of sp³-hybridized carbons (Fsp3) is 0.241. The zero-order valence-electron chi connectivity index (χ0n) is 21.4. The van der Waals surface area contributed by atoms with Crippen molar-refractivity contribution in [2.24, 2.45) is 10.9 Å². The Kier molecular flexibility index (Phi) is 8.06. The molecule has 4 rings (SSSR count). The first-order valence-electron chi connectivity index (χ1n) is 12.3. The number of hydrazone groups is 1. The number of carboxylic acids is 1. The minimum absolute atomic E-state index is 0.229. The van der Waals surface area contributed by atoms with Crippen LogP contribution >= 0.6 is 0 Å². The molecule has 0 saturated heterocycles. The second-order valence-corrected chi connectivity index (χ2v) is 9.30. The molecule has 3 aromatic rings. The molecular formula is C29H31N5O4. The molecule has 9 heteroatoms. The summed E-state index contributed by atoms with van der Waals surface area (Å²) >= 11 is 0. The van der Waals surface area contributed by atoms with E-state index < -0.39 is 12.0 Å². The maximum absolute atomic E-state index is 13.5. The zero-order chi connectivity index (χ0) is 27.2. The van der Waals surface area contributed by atoms with Gasteiger partial charge in [0.05, 0.1) is 12.6 Å². The Hall–Kier alpha value is -4.66. The van der Waals surface area contributed by atoms with Crippen molar-refractivity contribution in [3.63, 3.8) is 0 Å². The molecule has 1 atom stereocenters. The molecule has 196 valence electrons. The van der Waals surface area contributed by atoms with Crippen LogP contribution in [0.5, 0.6) is 0 Å². The molecule has 3 N–H and O–H groups in total. The summed E-state index contributed by atoms with van der Waals surface area (Å²) in [4.78, 5) is 43.5. The Labute approximate surface area is 221 Å². The molecule has 38 heavy (non-hydrogen) atoms. The summed E-state index contributed by atoms with van der Waals surface area (Å²) in [5, 5.41) is 13.1. The van der Waals surface area contributed by atoms with Gasteiger partial charge in [-0.25, -0.2) is 0 Å². The van der Waals surface area contributed by atoms with Gasteiger partial charge in [0.1, 0.15) is 6.04 Å². The summed E-state index contributed by atoms with van der Waals surface area (Å²) in [5.41, 5.74) is 4.56. The average molecular weight is 514 g/mol. The second kappa shape index (κ2) is 11.6. The number of carbonyl (C=O) groups excluding carboxylic acids is 2. The highest BCUT2D eigenvalue weighted by Crippen LogP contribution is 2.31. The molecule has 0 fully saturated rings. The van der Waals surface area contributed by atoms with Crippen LogP contribution in [0.25, 0.3) is 0 Å². The molecule has 9 nitrogen and oxygen atoms in total. The van der Waals surface area contributed by atoms with Crippen LogP contribution in [-0.4, -0.2) is 60.7 Å². The van der Waals surface area contributed by atoms with Crippen LogP contribution in [0, 0.1) is 0 Å². The molecule has 1 heterocycles. The van der Waals surface area contributed by atoms with Crippen LogP contribution in [0.15, 0.2) is 77.9 Å². The SMILES string of the molecule is CN(C(=O)c1ccc2c(c1)N(C)C(CC(=O)O)C(=O)N(CCc1ccccc1)C2)c1ccc(C=NN)cc1. The molecule has 1 unspecified atom stereocenters. The van der Waals surface area contributed by atoms with Crippen molar-refractivity contribution in [1.29, 1.82) is 0 Å². The van der Waals surface area contributed by atoms with E-state index in [0.29, 0.717) is 36.4 Å². The Morgan fingerprint density at radius 3 is 2.47 bits per heavy atom. The summed E-state index contributed by atoms with van der Waals surface area (Å²) in [6.45, 7) is 0.788. The van der Waals surface area contributed by atoms with Crippen LogP contribution in [-0.2, 0) is 22.6 Å². The lowest BCUT2D eigenvalue weighted by Crippen LogP contribution is -2.46. The number of aliphatic carboxylic acids is 1. The first-order chi connectivity index (χ1) is 18.3. The second-order valence-electron chi connectivity index (χ2n) is 9.30. The van der Waals surface area contributed by atoms with Crippen molar-refractivity contribution in [3.05, 3.63) is 95.1 Å². The molecule has 2 amide bonds. The molecule has 0 aliphatic carbocycles. The van der Waals surface area contributed by atoms with Crippen molar-refractivity contribution in [2.75, 3.05) is 30.4 Å². The van der Waals surface area contributed by atoms with Crippen molar-refractivity contribution in [1.82, 2.24) is 4.90 Å². The number of carbonyl (C=O) groups is 3. The third-order valence-corrected chi connectivity index (χ3v) is 6.83. The third kappa shape index (κ3) is 5.83. The fourth-order valence-corrected chi connectivity index (χ4v) is 4.66. The number of hydrogen-bond donors (Lipinski definition) is 2. The van der Waals surface area contributed by atoms with E-state index in [0.717, 1.165) is 16.7 Å². The number of rotatable bonds is 8. The molecule has 0 radical (unpaired) electrons. The quantitative estimate of drug-likeness (QED) is 0.271. The first-order valence-corrected chi connectivity index (χ1v) is 12.3. The van der Waals surface area contributed by atoms with E-state index >= 15 is 0 Å². The molecule has 0 saturated carbocycles. The van der Waals surface area contributed by atoms with E-state index in [-0.39, 0.29) is 18.2 Å². The number of hydrogen-bond acceptors (Lipinski definition) is 6. The largest absolute Gasteiger partial charge is 0.481 e. The number of nitrogens with two attached hydrogens (primary N) is 1. The van der Waals surface area contributed by atoms with Crippen molar-refractivity contribution in [2.45, 2.75) is 25.4 Å². The van der Waals surface area contributed by atoms with E-state index in [1.807, 2.05) is 48.5 Å². The summed E-state index contributed by atoms with van der Waals surface area (Å²) in [6.07, 6.45) is 1.84. The van der Waals surface area contributed by atoms with Crippen molar-refractivity contribution < 1.29 is 19.5 Å². The van der Waals surface area contributed by atoms with E-state index in [1.54, 1.807) is 48.2 Å². The predicted molar refractivity (Wildman–Crippen MR) is 147 cm³/mol. The monoisotopic (exact) mass is 513 g/mol. The maximum atomic E-state index is 13.5. The van der Waals surface area contributed by atoms with Gasteiger partial charge in [-0.3, -0.25) is 14.4 Å². The minimum atomic E-state index is -1.06.